The van der Waals surface area contributed by atoms with E-state index in [-0.39, 0.29) is 11.9 Å². The van der Waals surface area contributed by atoms with Crippen molar-refractivity contribution < 1.29 is 14.3 Å². The number of amides is 1. The summed E-state index contributed by atoms with van der Waals surface area (Å²) in [6, 6.07) is 11.0. The quantitative estimate of drug-likeness (QED) is 0.735. The molecule has 3 rings (SSSR count). The monoisotopic (exact) mass is 411 g/mol. The molecule has 7 heteroatoms. The third kappa shape index (κ3) is 5.00. The van der Waals surface area contributed by atoms with E-state index >= 15 is 0 Å². The molecule has 0 aliphatic carbocycles. The maximum atomic E-state index is 12.2. The Morgan fingerprint density at radius 2 is 1.92 bits per heavy atom. The van der Waals surface area contributed by atoms with Crippen LogP contribution < -0.4 is 14.8 Å². The van der Waals surface area contributed by atoms with E-state index in [0.29, 0.717) is 34.8 Å². The van der Waals surface area contributed by atoms with Crippen molar-refractivity contribution in [2.75, 3.05) is 19.0 Å². The molecule has 0 fully saturated rings. The van der Waals surface area contributed by atoms with Crippen molar-refractivity contribution in [3.05, 3.63) is 57.6 Å². The zero-order valence-corrected chi connectivity index (χ0v) is 16.6. The van der Waals surface area contributed by atoms with Crippen LogP contribution in [0.2, 0.25) is 10.0 Å². The summed E-state index contributed by atoms with van der Waals surface area (Å²) >= 11 is 13.5. The highest BCUT2D eigenvalue weighted by molar-refractivity contribution is 7.99. The van der Waals surface area contributed by atoms with E-state index in [4.69, 9.17) is 32.7 Å². The van der Waals surface area contributed by atoms with E-state index in [2.05, 4.69) is 5.32 Å². The highest BCUT2D eigenvalue weighted by Gasteiger charge is 2.16. The summed E-state index contributed by atoms with van der Waals surface area (Å²) in [7, 11) is 0. The van der Waals surface area contributed by atoms with E-state index in [1.54, 1.807) is 12.1 Å². The van der Waals surface area contributed by atoms with Gasteiger partial charge in [-0.05, 0) is 42.3 Å². The van der Waals surface area contributed by atoms with Gasteiger partial charge in [0.05, 0.1) is 11.8 Å². The third-order valence-electron chi connectivity index (χ3n) is 3.95. The van der Waals surface area contributed by atoms with Gasteiger partial charge in [-0.1, -0.05) is 35.3 Å². The first-order chi connectivity index (χ1) is 12.5. The fourth-order valence-corrected chi connectivity index (χ4v) is 3.99. The molecule has 4 nitrogen and oxygen atoms in total. The number of ether oxygens (including phenoxy) is 2. The Kier molecular flexibility index (Phi) is 6.57. The molecule has 0 spiro atoms. The second kappa shape index (κ2) is 8.89. The molecule has 2 aromatic carbocycles. The molecule has 26 heavy (non-hydrogen) atoms. The highest BCUT2D eigenvalue weighted by Crippen LogP contribution is 2.32. The SMILES string of the molecule is C[C@H](NC(=O)CSCc1ccc(Cl)cc1Cl)c1ccc2c(c1)OCCO2. The molecular formula is C19H19Cl2NO3S. The molecule has 0 bridgehead atoms. The van der Waals surface area contributed by atoms with E-state index in [0.717, 1.165) is 22.6 Å². The summed E-state index contributed by atoms with van der Waals surface area (Å²) in [6.07, 6.45) is 0. The largest absolute Gasteiger partial charge is 0.486 e. The van der Waals surface area contributed by atoms with Crippen LogP contribution in [0.25, 0.3) is 0 Å². The van der Waals surface area contributed by atoms with Gasteiger partial charge in [-0.15, -0.1) is 11.8 Å². The first-order valence-corrected chi connectivity index (χ1v) is 10.1. The van der Waals surface area contributed by atoms with Crippen molar-refractivity contribution in [1.29, 1.82) is 0 Å². The predicted octanol–water partition coefficient (Wildman–Crippen LogP) is 4.88. The number of carbonyl (C=O) groups is 1. The Balaban J connectivity index is 1.49. The van der Waals surface area contributed by atoms with E-state index in [1.807, 2.05) is 31.2 Å². The second-order valence-electron chi connectivity index (χ2n) is 5.92. The van der Waals surface area contributed by atoms with Crippen LogP contribution in [0.5, 0.6) is 11.5 Å². The van der Waals surface area contributed by atoms with Gasteiger partial charge in [-0.25, -0.2) is 0 Å². The van der Waals surface area contributed by atoms with Gasteiger partial charge in [0.1, 0.15) is 13.2 Å². The third-order valence-corrected chi connectivity index (χ3v) is 5.52. The molecule has 1 amide bonds. The molecule has 0 aromatic heterocycles. The predicted molar refractivity (Wildman–Crippen MR) is 107 cm³/mol. The minimum Gasteiger partial charge on any atom is -0.486 e. The van der Waals surface area contributed by atoms with Crippen molar-refractivity contribution in [2.45, 2.75) is 18.7 Å². The number of rotatable bonds is 6. The topological polar surface area (TPSA) is 47.6 Å². The second-order valence-corrected chi connectivity index (χ2v) is 7.75. The molecule has 2 aromatic rings. The first kappa shape index (κ1) is 19.2. The van der Waals surface area contributed by atoms with Gasteiger partial charge < -0.3 is 14.8 Å². The Morgan fingerprint density at radius 3 is 2.69 bits per heavy atom. The van der Waals surface area contributed by atoms with E-state index in [9.17, 15) is 4.79 Å². The van der Waals surface area contributed by atoms with Gasteiger partial charge in [-0.3, -0.25) is 4.79 Å². The summed E-state index contributed by atoms with van der Waals surface area (Å²) in [5.74, 6) is 2.45. The summed E-state index contributed by atoms with van der Waals surface area (Å²) in [5, 5.41) is 4.23. The van der Waals surface area contributed by atoms with Gasteiger partial charge in [0, 0.05) is 15.8 Å². The molecule has 1 aliphatic heterocycles. The minimum absolute atomic E-state index is 0.0255. The first-order valence-electron chi connectivity index (χ1n) is 8.23. The summed E-state index contributed by atoms with van der Waals surface area (Å²) < 4.78 is 11.1. The van der Waals surface area contributed by atoms with Gasteiger partial charge in [-0.2, -0.15) is 0 Å². The Bertz CT molecular complexity index is 800. The fraction of sp³-hybridized carbons (Fsp3) is 0.316. The molecule has 1 aliphatic rings. The Morgan fingerprint density at radius 1 is 1.15 bits per heavy atom. The standard InChI is InChI=1S/C19H19Cl2NO3S/c1-12(13-3-5-17-18(8-13)25-7-6-24-17)22-19(23)11-26-10-14-2-4-15(20)9-16(14)21/h2-5,8-9,12H,6-7,10-11H2,1H3,(H,22,23)/t12-/m0/s1. The number of halogens is 2. The highest BCUT2D eigenvalue weighted by atomic mass is 35.5. The number of thioether (sulfide) groups is 1. The average molecular weight is 412 g/mol. The summed E-state index contributed by atoms with van der Waals surface area (Å²) in [5.41, 5.74) is 1.95. The van der Waals surface area contributed by atoms with Gasteiger partial charge in [0.25, 0.3) is 0 Å². The lowest BCUT2D eigenvalue weighted by atomic mass is 10.1. The van der Waals surface area contributed by atoms with Crippen molar-refractivity contribution in [1.82, 2.24) is 5.32 Å². The molecule has 0 saturated heterocycles. The van der Waals surface area contributed by atoms with E-state index in [1.165, 1.54) is 11.8 Å². The smallest absolute Gasteiger partial charge is 0.230 e. The molecule has 0 saturated carbocycles. The number of hydrogen-bond donors (Lipinski definition) is 1. The van der Waals surface area contributed by atoms with E-state index < -0.39 is 0 Å². The number of carbonyl (C=O) groups excluding carboxylic acids is 1. The van der Waals surface area contributed by atoms with Crippen molar-refractivity contribution in [2.24, 2.45) is 0 Å². The van der Waals surface area contributed by atoms with Crippen LogP contribution in [0, 0.1) is 0 Å². The Hall–Kier alpha value is -1.56. The molecular weight excluding hydrogens is 393 g/mol. The lowest BCUT2D eigenvalue weighted by Gasteiger charge is -2.21. The maximum absolute atomic E-state index is 12.2. The molecule has 0 unspecified atom stereocenters. The van der Waals surface area contributed by atoms with Crippen LogP contribution in [-0.2, 0) is 10.5 Å². The van der Waals surface area contributed by atoms with Gasteiger partial charge >= 0.3 is 0 Å². The number of fused-ring (bicyclic) bond motifs is 1. The molecule has 1 atom stereocenters. The zero-order valence-electron chi connectivity index (χ0n) is 14.3. The lowest BCUT2D eigenvalue weighted by Crippen LogP contribution is -2.28. The lowest BCUT2D eigenvalue weighted by molar-refractivity contribution is -0.119. The van der Waals surface area contributed by atoms with Crippen molar-refractivity contribution in [3.63, 3.8) is 0 Å². The van der Waals surface area contributed by atoms with Crippen LogP contribution in [-0.4, -0.2) is 24.9 Å². The fourth-order valence-electron chi connectivity index (χ4n) is 2.59. The van der Waals surface area contributed by atoms with Crippen LogP contribution in [0.3, 0.4) is 0 Å². The van der Waals surface area contributed by atoms with Crippen molar-refractivity contribution >= 4 is 40.9 Å². The molecule has 1 N–H and O–H groups in total. The number of nitrogens with one attached hydrogen (secondary N) is 1. The Labute approximate surface area is 167 Å². The maximum Gasteiger partial charge on any atom is 0.230 e. The summed E-state index contributed by atoms with van der Waals surface area (Å²) in [6.45, 7) is 3.05. The van der Waals surface area contributed by atoms with Crippen LogP contribution in [0.1, 0.15) is 24.1 Å². The van der Waals surface area contributed by atoms with Crippen LogP contribution in [0.4, 0.5) is 0 Å². The number of benzene rings is 2. The van der Waals surface area contributed by atoms with Gasteiger partial charge in [0.15, 0.2) is 11.5 Å². The number of hydrogen-bond acceptors (Lipinski definition) is 4. The van der Waals surface area contributed by atoms with Crippen LogP contribution >= 0.6 is 35.0 Å². The summed E-state index contributed by atoms with van der Waals surface area (Å²) in [4.78, 5) is 12.2. The van der Waals surface area contributed by atoms with Gasteiger partial charge in [0.2, 0.25) is 5.91 Å². The van der Waals surface area contributed by atoms with Crippen LogP contribution in [0.15, 0.2) is 36.4 Å². The zero-order chi connectivity index (χ0) is 18.5. The average Bonchev–Trinajstić information content (AvgIpc) is 2.63. The molecule has 138 valence electrons. The minimum atomic E-state index is -0.113. The molecule has 0 radical (unpaired) electrons. The molecule has 1 heterocycles. The van der Waals surface area contributed by atoms with Crippen molar-refractivity contribution in [3.8, 4) is 11.5 Å². The normalized spacial score (nSPS) is 14.0.